The van der Waals surface area contributed by atoms with Crippen molar-refractivity contribution >= 4 is 17.5 Å². The molecule has 1 aromatic carbocycles. The summed E-state index contributed by atoms with van der Waals surface area (Å²) in [4.78, 5) is 5.23. The second kappa shape index (κ2) is 5.89. The third kappa shape index (κ3) is 3.52. The van der Waals surface area contributed by atoms with Gasteiger partial charge >= 0.3 is 0 Å². The molecule has 0 bridgehead atoms. The molecule has 0 N–H and O–H groups in total. The highest BCUT2D eigenvalue weighted by Crippen LogP contribution is 2.15. The van der Waals surface area contributed by atoms with Crippen LogP contribution < -0.4 is 0 Å². The summed E-state index contributed by atoms with van der Waals surface area (Å²) < 4.78 is 12.9. The fraction of sp³-hybridized carbons (Fsp3) is 0.417. The summed E-state index contributed by atoms with van der Waals surface area (Å²) in [6, 6.07) is 6.41. The van der Waals surface area contributed by atoms with E-state index in [4.69, 9.17) is 4.84 Å². The van der Waals surface area contributed by atoms with Gasteiger partial charge in [-0.1, -0.05) is 17.3 Å². The lowest BCUT2D eigenvalue weighted by molar-refractivity contribution is 0.129. The van der Waals surface area contributed by atoms with Crippen LogP contribution in [-0.4, -0.2) is 17.2 Å². The first kappa shape index (κ1) is 11.5. The van der Waals surface area contributed by atoms with Gasteiger partial charge in [0.2, 0.25) is 0 Å². The summed E-state index contributed by atoms with van der Waals surface area (Å²) in [5.74, 6) is 2.02. The number of oxime groups is 1. The molecule has 86 valence electrons. The molecule has 0 aromatic heterocycles. The molecule has 1 fully saturated rings. The molecule has 1 heterocycles. The van der Waals surface area contributed by atoms with Crippen LogP contribution in [0, 0.1) is 5.82 Å². The van der Waals surface area contributed by atoms with Crippen LogP contribution in [0.3, 0.4) is 0 Å². The summed E-state index contributed by atoms with van der Waals surface area (Å²) in [5, 5.41) is 4.09. The molecule has 0 atom stereocenters. The van der Waals surface area contributed by atoms with Crippen molar-refractivity contribution in [3.63, 3.8) is 0 Å². The molecule has 0 aliphatic carbocycles. The van der Waals surface area contributed by atoms with Crippen LogP contribution >= 0.6 is 11.8 Å². The van der Waals surface area contributed by atoms with Crippen LogP contribution in [0.5, 0.6) is 0 Å². The average Bonchev–Trinajstić information content (AvgIpc) is 2.30. The van der Waals surface area contributed by atoms with E-state index < -0.39 is 0 Å². The van der Waals surface area contributed by atoms with Gasteiger partial charge < -0.3 is 4.84 Å². The number of hydrogen-bond acceptors (Lipinski definition) is 3. The Hall–Kier alpha value is -1.03. The molecule has 16 heavy (non-hydrogen) atoms. The Balaban J connectivity index is 1.83. The van der Waals surface area contributed by atoms with Crippen LogP contribution in [0.1, 0.15) is 18.4 Å². The predicted octanol–water partition coefficient (Wildman–Crippen LogP) is 3.23. The molecule has 1 aliphatic rings. The number of benzene rings is 1. The Morgan fingerprint density at radius 3 is 2.88 bits per heavy atom. The molecule has 4 heteroatoms. The minimum atomic E-state index is -0.234. The lowest BCUT2D eigenvalue weighted by Gasteiger charge is -2.11. The van der Waals surface area contributed by atoms with E-state index in [0.29, 0.717) is 6.61 Å². The van der Waals surface area contributed by atoms with E-state index in [-0.39, 0.29) is 5.82 Å². The second-order valence-corrected chi connectivity index (χ2v) is 4.90. The number of thioether (sulfide) groups is 1. The van der Waals surface area contributed by atoms with Crippen LogP contribution in [-0.2, 0) is 11.4 Å². The first-order chi connectivity index (χ1) is 7.84. The number of halogens is 1. The van der Waals surface area contributed by atoms with Gasteiger partial charge in [0.05, 0.1) is 5.71 Å². The van der Waals surface area contributed by atoms with Crippen molar-refractivity contribution in [1.82, 2.24) is 0 Å². The van der Waals surface area contributed by atoms with Crippen molar-refractivity contribution in [2.45, 2.75) is 19.4 Å². The van der Waals surface area contributed by atoms with Crippen LogP contribution in [0.25, 0.3) is 0 Å². The quantitative estimate of drug-likeness (QED) is 0.755. The highest BCUT2D eigenvalue weighted by atomic mass is 32.2. The van der Waals surface area contributed by atoms with Gasteiger partial charge in [-0.3, -0.25) is 0 Å². The van der Waals surface area contributed by atoms with E-state index in [1.54, 1.807) is 6.07 Å². The minimum absolute atomic E-state index is 0.234. The molecular formula is C12H14FNOS. The van der Waals surface area contributed by atoms with E-state index in [2.05, 4.69) is 5.16 Å². The van der Waals surface area contributed by atoms with E-state index in [9.17, 15) is 4.39 Å². The van der Waals surface area contributed by atoms with Crippen molar-refractivity contribution < 1.29 is 9.23 Å². The molecule has 1 aromatic rings. The molecule has 0 amide bonds. The standard InChI is InChI=1S/C12H14FNOS/c13-11-3-1-2-10(8-11)9-15-14-12-4-6-16-7-5-12/h1-3,8H,4-7,9H2. The lowest BCUT2D eigenvalue weighted by Crippen LogP contribution is -2.08. The number of hydrogen-bond donors (Lipinski definition) is 0. The van der Waals surface area contributed by atoms with Crippen molar-refractivity contribution in [3.05, 3.63) is 35.6 Å². The van der Waals surface area contributed by atoms with Crippen LogP contribution in [0.15, 0.2) is 29.4 Å². The highest BCUT2D eigenvalue weighted by molar-refractivity contribution is 7.99. The topological polar surface area (TPSA) is 21.6 Å². The van der Waals surface area contributed by atoms with Gasteiger partial charge in [-0.2, -0.15) is 11.8 Å². The fourth-order valence-corrected chi connectivity index (χ4v) is 2.49. The molecule has 0 saturated carbocycles. The van der Waals surface area contributed by atoms with Gasteiger partial charge in [0.15, 0.2) is 0 Å². The van der Waals surface area contributed by atoms with Gasteiger partial charge in [0.1, 0.15) is 12.4 Å². The van der Waals surface area contributed by atoms with Gasteiger partial charge in [-0.15, -0.1) is 0 Å². The van der Waals surface area contributed by atoms with E-state index in [1.165, 1.54) is 12.1 Å². The molecule has 1 saturated heterocycles. The summed E-state index contributed by atoms with van der Waals surface area (Å²) >= 11 is 1.94. The molecule has 0 unspecified atom stereocenters. The Labute approximate surface area is 98.9 Å². The van der Waals surface area contributed by atoms with Gasteiger partial charge in [0, 0.05) is 0 Å². The minimum Gasteiger partial charge on any atom is -0.391 e. The summed E-state index contributed by atoms with van der Waals surface area (Å²) in [5.41, 5.74) is 1.93. The van der Waals surface area contributed by atoms with E-state index in [1.807, 2.05) is 17.8 Å². The molecule has 0 radical (unpaired) electrons. The molecular weight excluding hydrogens is 225 g/mol. The fourth-order valence-electron chi connectivity index (χ4n) is 1.52. The maximum atomic E-state index is 12.9. The summed E-state index contributed by atoms with van der Waals surface area (Å²) in [7, 11) is 0. The molecule has 1 aliphatic heterocycles. The third-order valence-electron chi connectivity index (χ3n) is 2.38. The van der Waals surface area contributed by atoms with Crippen molar-refractivity contribution in [2.24, 2.45) is 5.16 Å². The Kier molecular flexibility index (Phi) is 4.22. The number of nitrogens with zero attached hydrogens (tertiary/aromatic N) is 1. The maximum absolute atomic E-state index is 12.9. The Morgan fingerprint density at radius 2 is 2.12 bits per heavy atom. The smallest absolute Gasteiger partial charge is 0.142 e. The van der Waals surface area contributed by atoms with Gasteiger partial charge in [0.25, 0.3) is 0 Å². The van der Waals surface area contributed by atoms with Gasteiger partial charge in [-0.25, -0.2) is 4.39 Å². The van der Waals surface area contributed by atoms with E-state index >= 15 is 0 Å². The van der Waals surface area contributed by atoms with Crippen molar-refractivity contribution in [3.8, 4) is 0 Å². The summed E-state index contributed by atoms with van der Waals surface area (Å²) in [6.45, 7) is 0.342. The molecule has 2 rings (SSSR count). The third-order valence-corrected chi connectivity index (χ3v) is 3.37. The first-order valence-electron chi connectivity index (χ1n) is 5.34. The lowest BCUT2D eigenvalue weighted by atomic mass is 10.2. The van der Waals surface area contributed by atoms with Gasteiger partial charge in [-0.05, 0) is 42.0 Å². The van der Waals surface area contributed by atoms with Crippen molar-refractivity contribution in [2.75, 3.05) is 11.5 Å². The SMILES string of the molecule is Fc1cccc(CON=C2CCSCC2)c1. The average molecular weight is 239 g/mol. The maximum Gasteiger partial charge on any atom is 0.142 e. The Morgan fingerprint density at radius 1 is 1.31 bits per heavy atom. The van der Waals surface area contributed by atoms with Crippen LogP contribution in [0.4, 0.5) is 4.39 Å². The number of rotatable bonds is 3. The summed E-state index contributed by atoms with van der Waals surface area (Å²) in [6.07, 6.45) is 2.02. The normalized spacial score (nSPS) is 15.9. The van der Waals surface area contributed by atoms with Crippen LogP contribution in [0.2, 0.25) is 0 Å². The predicted molar refractivity (Wildman–Crippen MR) is 65.2 cm³/mol. The highest BCUT2D eigenvalue weighted by Gasteiger charge is 2.07. The zero-order valence-electron chi connectivity index (χ0n) is 8.99. The second-order valence-electron chi connectivity index (χ2n) is 3.67. The van der Waals surface area contributed by atoms with Crippen molar-refractivity contribution in [1.29, 1.82) is 0 Å². The zero-order chi connectivity index (χ0) is 11.2. The largest absolute Gasteiger partial charge is 0.391 e. The molecule has 0 spiro atoms. The molecule has 2 nitrogen and oxygen atoms in total. The monoisotopic (exact) mass is 239 g/mol. The zero-order valence-corrected chi connectivity index (χ0v) is 9.80. The van der Waals surface area contributed by atoms with E-state index in [0.717, 1.165) is 35.6 Å². The first-order valence-corrected chi connectivity index (χ1v) is 6.50. The Bertz CT molecular complexity index is 373.